The Kier molecular flexibility index (Phi) is 6.97. The number of hydrogen-bond acceptors (Lipinski definition) is 5. The van der Waals surface area contributed by atoms with E-state index in [4.69, 9.17) is 16.0 Å². The van der Waals surface area contributed by atoms with Crippen LogP contribution in [0.5, 0.6) is 0 Å². The summed E-state index contributed by atoms with van der Waals surface area (Å²) < 4.78 is 5.42. The van der Waals surface area contributed by atoms with Gasteiger partial charge in [-0.2, -0.15) is 0 Å². The van der Waals surface area contributed by atoms with E-state index in [0.29, 0.717) is 65.6 Å². The Labute approximate surface area is 219 Å². The molecule has 2 heterocycles. The number of hydrogen-bond donors (Lipinski definition) is 1. The zero-order valence-corrected chi connectivity index (χ0v) is 21.1. The first-order valence-electron chi connectivity index (χ1n) is 12.2. The van der Waals surface area contributed by atoms with Crippen molar-refractivity contribution in [3.8, 4) is 11.1 Å². The van der Waals surface area contributed by atoms with Gasteiger partial charge in [-0.15, -0.1) is 0 Å². The second-order valence-electron chi connectivity index (χ2n) is 8.90. The van der Waals surface area contributed by atoms with Crippen LogP contribution in [0.1, 0.15) is 23.7 Å². The summed E-state index contributed by atoms with van der Waals surface area (Å²) in [4.78, 5) is 41.2. The molecule has 2 amide bonds. The molecule has 7 nitrogen and oxygen atoms in total. The lowest BCUT2D eigenvalue weighted by Gasteiger charge is -2.36. The fourth-order valence-corrected chi connectivity index (χ4v) is 4.83. The summed E-state index contributed by atoms with van der Waals surface area (Å²) in [6.45, 7) is 4.62. The number of halogens is 1. The first-order chi connectivity index (χ1) is 17.9. The molecule has 0 aliphatic carbocycles. The molecule has 188 valence electrons. The number of carbonyl (C=O) groups is 2. The molecule has 1 aliphatic heterocycles. The predicted molar refractivity (Wildman–Crippen MR) is 146 cm³/mol. The Balaban J connectivity index is 1.26. The Morgan fingerprint density at radius 3 is 2.38 bits per heavy atom. The molecule has 1 aromatic heterocycles. The molecular formula is C29H26ClN3O4. The van der Waals surface area contributed by atoms with Crippen LogP contribution in [0, 0.1) is 0 Å². The molecule has 0 atom stereocenters. The molecule has 5 rings (SSSR count). The second kappa shape index (κ2) is 10.5. The van der Waals surface area contributed by atoms with Gasteiger partial charge in [-0.25, -0.2) is 4.79 Å². The highest BCUT2D eigenvalue weighted by atomic mass is 35.5. The van der Waals surface area contributed by atoms with E-state index in [1.807, 2.05) is 42.2 Å². The van der Waals surface area contributed by atoms with Crippen molar-refractivity contribution in [2.45, 2.75) is 13.3 Å². The Bertz CT molecular complexity index is 1520. The van der Waals surface area contributed by atoms with Crippen LogP contribution < -0.4 is 15.8 Å². The normalized spacial score (nSPS) is 13.6. The molecule has 0 unspecified atom stereocenters. The van der Waals surface area contributed by atoms with Crippen LogP contribution in [0.4, 0.5) is 11.4 Å². The van der Waals surface area contributed by atoms with Gasteiger partial charge in [0.25, 0.3) is 5.91 Å². The fourth-order valence-electron chi connectivity index (χ4n) is 4.53. The Morgan fingerprint density at radius 1 is 0.946 bits per heavy atom. The lowest BCUT2D eigenvalue weighted by molar-refractivity contribution is -0.131. The van der Waals surface area contributed by atoms with Crippen molar-refractivity contribution >= 4 is 45.8 Å². The maximum atomic E-state index is 12.8. The van der Waals surface area contributed by atoms with Gasteiger partial charge in [-0.05, 0) is 48.0 Å². The number of rotatable bonds is 5. The van der Waals surface area contributed by atoms with Gasteiger partial charge in [-0.1, -0.05) is 48.9 Å². The molecule has 3 aromatic carbocycles. The monoisotopic (exact) mass is 515 g/mol. The number of piperazine rings is 1. The number of amides is 2. The van der Waals surface area contributed by atoms with Gasteiger partial charge < -0.3 is 19.5 Å². The van der Waals surface area contributed by atoms with Crippen molar-refractivity contribution in [3.63, 3.8) is 0 Å². The Morgan fingerprint density at radius 2 is 1.68 bits per heavy atom. The van der Waals surface area contributed by atoms with Crippen molar-refractivity contribution in [1.29, 1.82) is 0 Å². The lowest BCUT2D eigenvalue weighted by atomic mass is 10.0. The predicted octanol–water partition coefficient (Wildman–Crippen LogP) is 5.42. The molecule has 1 fully saturated rings. The number of benzene rings is 3. The molecule has 4 aromatic rings. The second-order valence-corrected chi connectivity index (χ2v) is 9.31. The minimum Gasteiger partial charge on any atom is -0.422 e. The summed E-state index contributed by atoms with van der Waals surface area (Å²) in [7, 11) is 0. The average molecular weight is 516 g/mol. The molecule has 8 heteroatoms. The smallest absolute Gasteiger partial charge is 0.344 e. The summed E-state index contributed by atoms with van der Waals surface area (Å²) >= 11 is 6.55. The van der Waals surface area contributed by atoms with Crippen LogP contribution in [0.25, 0.3) is 22.1 Å². The maximum absolute atomic E-state index is 12.8. The maximum Gasteiger partial charge on any atom is 0.344 e. The van der Waals surface area contributed by atoms with Crippen molar-refractivity contribution in [1.82, 2.24) is 4.90 Å². The third-order valence-electron chi connectivity index (χ3n) is 6.58. The standard InChI is InChI=1S/C29H26ClN3O4/c1-2-27(34)33-15-13-32(14-16-33)25-12-11-22(18-24(25)30)31-28(35)20-9-7-19(8-10-20)23-17-21-5-3-4-6-26(21)37-29(23)36/h3-12,17-18H,2,13-16H2,1H3,(H,31,35). The zero-order valence-electron chi connectivity index (χ0n) is 20.4. The van der Waals surface area contributed by atoms with Crippen molar-refractivity contribution in [2.75, 3.05) is 36.4 Å². The lowest BCUT2D eigenvalue weighted by Crippen LogP contribution is -2.48. The fraction of sp³-hybridized carbons (Fsp3) is 0.207. The van der Waals surface area contributed by atoms with Crippen molar-refractivity contribution < 1.29 is 14.0 Å². The third kappa shape index (κ3) is 5.22. The van der Waals surface area contributed by atoms with E-state index in [-0.39, 0.29) is 11.8 Å². The minimum atomic E-state index is -0.427. The van der Waals surface area contributed by atoms with Crippen molar-refractivity contribution in [2.24, 2.45) is 0 Å². The molecule has 0 saturated carbocycles. The largest absolute Gasteiger partial charge is 0.422 e. The summed E-state index contributed by atoms with van der Waals surface area (Å²) in [5, 5.41) is 4.24. The van der Waals surface area contributed by atoms with Crippen LogP contribution in [-0.4, -0.2) is 42.9 Å². The highest BCUT2D eigenvalue weighted by molar-refractivity contribution is 6.33. The van der Waals surface area contributed by atoms with Crippen LogP contribution in [-0.2, 0) is 4.79 Å². The minimum absolute atomic E-state index is 0.164. The molecule has 1 N–H and O–H groups in total. The number of anilines is 2. The van der Waals surface area contributed by atoms with E-state index in [0.717, 1.165) is 11.1 Å². The van der Waals surface area contributed by atoms with Crippen LogP contribution in [0.3, 0.4) is 0 Å². The first kappa shape index (κ1) is 24.6. The summed E-state index contributed by atoms with van der Waals surface area (Å²) in [5.41, 5.74) is 3.12. The number of carbonyl (C=O) groups excluding carboxylic acids is 2. The topological polar surface area (TPSA) is 82.9 Å². The van der Waals surface area contributed by atoms with Gasteiger partial charge in [0.05, 0.1) is 16.3 Å². The zero-order chi connectivity index (χ0) is 25.9. The molecule has 0 bridgehead atoms. The van der Waals surface area contributed by atoms with E-state index in [9.17, 15) is 14.4 Å². The number of nitrogens with one attached hydrogen (secondary N) is 1. The van der Waals surface area contributed by atoms with Gasteiger partial charge in [0, 0.05) is 49.2 Å². The van der Waals surface area contributed by atoms with Gasteiger partial charge in [0.15, 0.2) is 0 Å². The van der Waals surface area contributed by atoms with E-state index in [2.05, 4.69) is 10.2 Å². The van der Waals surface area contributed by atoms with Crippen molar-refractivity contribution in [3.05, 3.63) is 93.8 Å². The van der Waals surface area contributed by atoms with E-state index in [1.54, 1.807) is 42.5 Å². The van der Waals surface area contributed by atoms with Gasteiger partial charge in [-0.3, -0.25) is 9.59 Å². The summed E-state index contributed by atoms with van der Waals surface area (Å²) in [6.07, 6.45) is 0.511. The third-order valence-corrected chi connectivity index (χ3v) is 6.88. The van der Waals surface area contributed by atoms with Crippen LogP contribution >= 0.6 is 11.6 Å². The highest BCUT2D eigenvalue weighted by Gasteiger charge is 2.21. The summed E-state index contributed by atoms with van der Waals surface area (Å²) in [5.74, 6) is -0.120. The van der Waals surface area contributed by atoms with Gasteiger partial charge >= 0.3 is 5.63 Å². The number of nitrogens with zero attached hydrogens (tertiary/aromatic N) is 2. The van der Waals surface area contributed by atoms with Gasteiger partial charge in [0.2, 0.25) is 5.91 Å². The molecule has 1 saturated heterocycles. The Hall–Kier alpha value is -4.10. The molecule has 0 radical (unpaired) electrons. The molecule has 1 aliphatic rings. The van der Waals surface area contributed by atoms with E-state index in [1.165, 1.54) is 0 Å². The average Bonchev–Trinajstić information content (AvgIpc) is 2.92. The van der Waals surface area contributed by atoms with Crippen LogP contribution in [0.2, 0.25) is 5.02 Å². The van der Waals surface area contributed by atoms with Gasteiger partial charge in [0.1, 0.15) is 5.58 Å². The molecule has 37 heavy (non-hydrogen) atoms. The number of para-hydroxylation sites is 1. The first-order valence-corrected chi connectivity index (χ1v) is 12.6. The summed E-state index contributed by atoms with van der Waals surface area (Å²) in [6, 6.07) is 21.4. The quantitative estimate of drug-likeness (QED) is 0.359. The molecular weight excluding hydrogens is 490 g/mol. The van der Waals surface area contributed by atoms with E-state index < -0.39 is 5.63 Å². The number of fused-ring (bicyclic) bond motifs is 1. The van der Waals surface area contributed by atoms with E-state index >= 15 is 0 Å². The SMILES string of the molecule is CCC(=O)N1CCN(c2ccc(NC(=O)c3ccc(-c4cc5ccccc5oc4=O)cc3)cc2Cl)CC1. The van der Waals surface area contributed by atoms with Crippen LogP contribution in [0.15, 0.2) is 82.0 Å². The highest BCUT2D eigenvalue weighted by Crippen LogP contribution is 2.30. The molecule has 0 spiro atoms.